The first kappa shape index (κ1) is 35.5. The summed E-state index contributed by atoms with van der Waals surface area (Å²) in [4.78, 5) is 30.5. The summed E-state index contributed by atoms with van der Waals surface area (Å²) in [5, 5.41) is 3.60. The van der Waals surface area contributed by atoms with Crippen LogP contribution in [0.25, 0.3) is 0 Å². The Balaban J connectivity index is 1.58. The van der Waals surface area contributed by atoms with Crippen LogP contribution in [0.2, 0.25) is 10.0 Å². The molecule has 5 rings (SSSR count). The zero-order valence-corrected chi connectivity index (χ0v) is 29.6. The number of benzene rings is 4. The SMILES string of the molecule is Cc1ccc(CN(C(=O)CN(c2cc(Cl)ccc2Cl)S(=O)(=O)c2ccc(C)cc2)[C@@H](Cc2ccccc2)C(=O)NC2CCCCC2)cc1. The van der Waals surface area contributed by atoms with E-state index < -0.39 is 28.5 Å². The van der Waals surface area contributed by atoms with Crippen LogP contribution in [-0.4, -0.2) is 43.8 Å². The Morgan fingerprint density at radius 3 is 2.08 bits per heavy atom. The third-order valence-corrected chi connectivity index (χ3v) is 11.1. The number of rotatable bonds is 12. The third kappa shape index (κ3) is 8.98. The van der Waals surface area contributed by atoms with Crippen molar-refractivity contribution >= 4 is 50.7 Å². The fraction of sp³-hybridized carbons (Fsp3) is 0.316. The molecule has 1 N–H and O–H groups in total. The van der Waals surface area contributed by atoms with Crippen molar-refractivity contribution in [2.24, 2.45) is 0 Å². The molecule has 1 atom stereocenters. The highest BCUT2D eigenvalue weighted by molar-refractivity contribution is 7.92. The molecule has 1 fully saturated rings. The van der Waals surface area contributed by atoms with E-state index in [0.717, 1.165) is 58.7 Å². The zero-order chi connectivity index (χ0) is 34.3. The summed E-state index contributed by atoms with van der Waals surface area (Å²) in [6.45, 7) is 3.32. The first-order valence-electron chi connectivity index (χ1n) is 16.2. The molecule has 0 spiro atoms. The van der Waals surface area contributed by atoms with Gasteiger partial charge in [0.1, 0.15) is 12.6 Å². The highest BCUT2D eigenvalue weighted by Crippen LogP contribution is 2.33. The molecule has 0 unspecified atom stereocenters. The number of hydrogen-bond donors (Lipinski definition) is 1. The van der Waals surface area contributed by atoms with Crippen LogP contribution in [0.3, 0.4) is 0 Å². The number of nitrogens with one attached hydrogen (secondary N) is 1. The summed E-state index contributed by atoms with van der Waals surface area (Å²) in [6.07, 6.45) is 5.21. The molecule has 0 saturated heterocycles. The summed E-state index contributed by atoms with van der Waals surface area (Å²) in [5.74, 6) is -0.818. The Morgan fingerprint density at radius 1 is 0.812 bits per heavy atom. The summed E-state index contributed by atoms with van der Waals surface area (Å²) < 4.78 is 29.6. The lowest BCUT2D eigenvalue weighted by Crippen LogP contribution is -2.55. The average Bonchev–Trinajstić information content (AvgIpc) is 3.08. The molecule has 0 heterocycles. The fourth-order valence-corrected chi connectivity index (χ4v) is 7.88. The summed E-state index contributed by atoms with van der Waals surface area (Å²) >= 11 is 12.9. The molecule has 0 radical (unpaired) electrons. The van der Waals surface area contributed by atoms with Gasteiger partial charge in [-0.15, -0.1) is 0 Å². The quantitative estimate of drug-likeness (QED) is 0.162. The van der Waals surface area contributed by atoms with E-state index >= 15 is 0 Å². The lowest BCUT2D eigenvalue weighted by Gasteiger charge is -2.35. The predicted octanol–water partition coefficient (Wildman–Crippen LogP) is 7.89. The van der Waals surface area contributed by atoms with E-state index in [1.807, 2.05) is 68.4 Å². The minimum absolute atomic E-state index is 0.00194. The van der Waals surface area contributed by atoms with Gasteiger partial charge in [0, 0.05) is 24.0 Å². The number of aryl methyl sites for hydroxylation is 2. The minimum Gasteiger partial charge on any atom is -0.352 e. The summed E-state index contributed by atoms with van der Waals surface area (Å²) in [7, 11) is -4.30. The Labute approximate surface area is 293 Å². The Morgan fingerprint density at radius 2 is 1.44 bits per heavy atom. The maximum atomic E-state index is 14.7. The van der Waals surface area contributed by atoms with Gasteiger partial charge in [0.05, 0.1) is 15.6 Å². The van der Waals surface area contributed by atoms with Gasteiger partial charge in [0.2, 0.25) is 11.8 Å². The maximum Gasteiger partial charge on any atom is 0.264 e. The smallest absolute Gasteiger partial charge is 0.264 e. The van der Waals surface area contributed by atoms with Crippen molar-refractivity contribution in [1.29, 1.82) is 0 Å². The van der Waals surface area contributed by atoms with Gasteiger partial charge in [-0.2, -0.15) is 0 Å². The molecule has 1 aliphatic carbocycles. The molecule has 10 heteroatoms. The number of halogens is 2. The lowest BCUT2D eigenvalue weighted by molar-refractivity contribution is -0.140. The largest absolute Gasteiger partial charge is 0.352 e. The zero-order valence-electron chi connectivity index (χ0n) is 27.2. The number of hydrogen-bond acceptors (Lipinski definition) is 4. The fourth-order valence-electron chi connectivity index (χ4n) is 6.02. The van der Waals surface area contributed by atoms with Gasteiger partial charge in [-0.05, 0) is 68.1 Å². The second-order valence-electron chi connectivity index (χ2n) is 12.5. The van der Waals surface area contributed by atoms with Crippen LogP contribution >= 0.6 is 23.2 Å². The first-order chi connectivity index (χ1) is 23.0. The molecular formula is C38H41Cl2N3O4S. The predicted molar refractivity (Wildman–Crippen MR) is 193 cm³/mol. The maximum absolute atomic E-state index is 14.7. The number of sulfonamides is 1. The highest BCUT2D eigenvalue weighted by atomic mass is 35.5. The first-order valence-corrected chi connectivity index (χ1v) is 18.4. The van der Waals surface area contributed by atoms with Crippen molar-refractivity contribution in [2.75, 3.05) is 10.8 Å². The minimum atomic E-state index is -4.30. The van der Waals surface area contributed by atoms with E-state index in [1.165, 1.54) is 29.2 Å². The van der Waals surface area contributed by atoms with Gasteiger partial charge in [0.15, 0.2) is 0 Å². The van der Waals surface area contributed by atoms with Gasteiger partial charge < -0.3 is 10.2 Å². The van der Waals surface area contributed by atoms with Crippen molar-refractivity contribution in [3.63, 3.8) is 0 Å². The molecule has 1 aliphatic rings. The molecule has 0 aliphatic heterocycles. The molecule has 1 saturated carbocycles. The average molecular weight is 707 g/mol. The van der Waals surface area contributed by atoms with Crippen molar-refractivity contribution in [1.82, 2.24) is 10.2 Å². The van der Waals surface area contributed by atoms with Gasteiger partial charge >= 0.3 is 0 Å². The highest BCUT2D eigenvalue weighted by Gasteiger charge is 2.36. The van der Waals surface area contributed by atoms with E-state index in [1.54, 1.807) is 18.2 Å². The summed E-state index contributed by atoms with van der Waals surface area (Å²) in [5.41, 5.74) is 3.70. The molecule has 4 aromatic rings. The third-order valence-electron chi connectivity index (χ3n) is 8.76. The second kappa shape index (κ2) is 16.0. The van der Waals surface area contributed by atoms with Gasteiger partial charge in [-0.3, -0.25) is 13.9 Å². The Kier molecular flexibility index (Phi) is 11.8. The van der Waals surface area contributed by atoms with Gasteiger partial charge in [0.25, 0.3) is 10.0 Å². The second-order valence-corrected chi connectivity index (χ2v) is 15.2. The van der Waals surface area contributed by atoms with Crippen molar-refractivity contribution in [3.8, 4) is 0 Å². The number of carbonyl (C=O) groups is 2. The van der Waals surface area contributed by atoms with E-state index in [-0.39, 0.29) is 45.5 Å². The van der Waals surface area contributed by atoms with Crippen LogP contribution in [0.15, 0.2) is 102 Å². The van der Waals surface area contributed by atoms with Crippen LogP contribution in [0.5, 0.6) is 0 Å². The monoisotopic (exact) mass is 705 g/mol. The van der Waals surface area contributed by atoms with Crippen molar-refractivity contribution in [3.05, 3.63) is 129 Å². The number of nitrogens with zero attached hydrogens (tertiary/aromatic N) is 2. The molecule has 4 aromatic carbocycles. The normalized spacial score (nSPS) is 14.2. The lowest BCUT2D eigenvalue weighted by atomic mass is 9.94. The number of amides is 2. The van der Waals surface area contributed by atoms with E-state index in [4.69, 9.17) is 23.2 Å². The molecule has 252 valence electrons. The van der Waals surface area contributed by atoms with E-state index in [2.05, 4.69) is 5.32 Å². The van der Waals surface area contributed by atoms with Crippen LogP contribution in [0, 0.1) is 13.8 Å². The van der Waals surface area contributed by atoms with Crippen LogP contribution in [0.4, 0.5) is 5.69 Å². The Hall–Kier alpha value is -3.85. The Bertz CT molecular complexity index is 1810. The van der Waals surface area contributed by atoms with E-state index in [0.29, 0.717) is 0 Å². The topological polar surface area (TPSA) is 86.8 Å². The van der Waals surface area contributed by atoms with Crippen LogP contribution in [-0.2, 0) is 32.6 Å². The van der Waals surface area contributed by atoms with E-state index in [9.17, 15) is 18.0 Å². The summed E-state index contributed by atoms with van der Waals surface area (Å²) in [6, 6.07) is 27.3. The molecule has 0 aromatic heterocycles. The number of anilines is 1. The molecular weight excluding hydrogens is 665 g/mol. The van der Waals surface area contributed by atoms with Crippen molar-refractivity contribution < 1.29 is 18.0 Å². The molecule has 48 heavy (non-hydrogen) atoms. The van der Waals surface area contributed by atoms with Crippen LogP contribution < -0.4 is 9.62 Å². The standard InChI is InChI=1S/C38H41Cl2N3O4S/c1-27-13-17-30(18-14-27)25-42(36(23-29-9-5-3-6-10-29)38(45)41-32-11-7-4-8-12-32)37(44)26-43(35-24-31(39)19-22-34(35)40)48(46,47)33-20-15-28(2)16-21-33/h3,5-6,9-10,13-22,24,32,36H,4,7-8,11-12,23,25-26H2,1-2H3,(H,41,45)/t36-/m0/s1. The number of carbonyl (C=O) groups excluding carboxylic acids is 2. The van der Waals surface area contributed by atoms with Crippen LogP contribution in [0.1, 0.15) is 54.4 Å². The van der Waals surface area contributed by atoms with Gasteiger partial charge in [-0.1, -0.05) is 120 Å². The van der Waals surface area contributed by atoms with Crippen molar-refractivity contribution in [2.45, 2.75) is 75.9 Å². The molecule has 2 amide bonds. The van der Waals surface area contributed by atoms with Gasteiger partial charge in [-0.25, -0.2) is 8.42 Å². The molecule has 7 nitrogen and oxygen atoms in total. The molecule has 0 bridgehead atoms.